The van der Waals surface area contributed by atoms with Crippen LogP contribution in [-0.4, -0.2) is 32.4 Å². The number of halogens is 1. The Morgan fingerprint density at radius 2 is 1.97 bits per heavy atom. The van der Waals surface area contributed by atoms with Crippen LogP contribution in [0.2, 0.25) is 0 Å². The van der Waals surface area contributed by atoms with Crippen molar-refractivity contribution in [1.29, 1.82) is 5.26 Å². The van der Waals surface area contributed by atoms with Gasteiger partial charge in [-0.15, -0.1) is 0 Å². The maximum Gasteiger partial charge on any atom is 0.157 e. The van der Waals surface area contributed by atoms with E-state index in [4.69, 9.17) is 5.26 Å². The predicted octanol–water partition coefficient (Wildman–Crippen LogP) is 4.29. The van der Waals surface area contributed by atoms with E-state index in [0.717, 1.165) is 38.5 Å². The van der Waals surface area contributed by atoms with Crippen molar-refractivity contribution in [2.24, 2.45) is 40.9 Å². The van der Waals surface area contributed by atoms with Crippen LogP contribution in [0.3, 0.4) is 0 Å². The number of alkyl halides is 1. The lowest BCUT2D eigenvalue weighted by Gasteiger charge is -2.57. The molecule has 0 bridgehead atoms. The summed E-state index contributed by atoms with van der Waals surface area (Å²) >= 11 is 0. The number of hydrogen-bond acceptors (Lipinski definition) is 4. The van der Waals surface area contributed by atoms with Crippen LogP contribution in [0.15, 0.2) is 12.4 Å². The van der Waals surface area contributed by atoms with Crippen LogP contribution in [0.5, 0.6) is 0 Å². The highest BCUT2D eigenvalue weighted by molar-refractivity contribution is 5.82. The Kier molecular flexibility index (Phi) is 5.04. The highest BCUT2D eigenvalue weighted by atomic mass is 19.1. The number of hydrogen-bond donors (Lipinski definition) is 1. The first-order chi connectivity index (χ1) is 14.7. The van der Waals surface area contributed by atoms with Gasteiger partial charge in [-0.25, -0.2) is 4.39 Å². The molecule has 4 aliphatic rings. The van der Waals surface area contributed by atoms with Gasteiger partial charge in [-0.2, -0.15) is 10.4 Å². The number of carbonyl (C=O) groups excluding carboxylic acids is 1. The van der Waals surface area contributed by atoms with Gasteiger partial charge in [-0.05, 0) is 93.3 Å². The maximum absolute atomic E-state index is 15.4. The Hall–Kier alpha value is -1.74. The van der Waals surface area contributed by atoms with Crippen LogP contribution >= 0.6 is 0 Å². The number of aromatic nitrogens is 2. The lowest BCUT2D eigenvalue weighted by atomic mass is 9.48. The maximum atomic E-state index is 15.4. The van der Waals surface area contributed by atoms with Crippen LogP contribution in [-0.2, 0) is 11.3 Å². The largest absolute Gasteiger partial charge is 0.390 e. The minimum atomic E-state index is -0.830. The fraction of sp³-hybridized carbons (Fsp3) is 0.800. The smallest absolute Gasteiger partial charge is 0.157 e. The molecule has 31 heavy (non-hydrogen) atoms. The predicted molar refractivity (Wildman–Crippen MR) is 113 cm³/mol. The molecule has 1 aromatic rings. The highest BCUT2D eigenvalue weighted by Gasteiger charge is 2.60. The number of ketones is 1. The summed E-state index contributed by atoms with van der Waals surface area (Å²) in [5, 5.41) is 23.7. The summed E-state index contributed by atoms with van der Waals surface area (Å²) in [7, 11) is 0. The van der Waals surface area contributed by atoms with Gasteiger partial charge in [-0.3, -0.25) is 9.48 Å². The Balaban J connectivity index is 1.33. The van der Waals surface area contributed by atoms with E-state index in [-0.39, 0.29) is 29.6 Å². The van der Waals surface area contributed by atoms with Crippen molar-refractivity contribution in [2.75, 3.05) is 0 Å². The molecular weight excluding hydrogens is 393 g/mol. The first kappa shape index (κ1) is 21.1. The molecule has 6 heteroatoms. The molecule has 168 valence electrons. The number of Topliss-reactive ketones (excluding diaryl/α,β-unsaturated/α-hetero) is 1. The van der Waals surface area contributed by atoms with Crippen LogP contribution in [0, 0.1) is 52.3 Å². The van der Waals surface area contributed by atoms with Gasteiger partial charge in [0.25, 0.3) is 0 Å². The second kappa shape index (κ2) is 7.40. The van der Waals surface area contributed by atoms with E-state index in [1.807, 2.05) is 6.92 Å². The third-order valence-electron chi connectivity index (χ3n) is 9.71. The van der Waals surface area contributed by atoms with Crippen molar-refractivity contribution < 1.29 is 14.3 Å². The van der Waals surface area contributed by atoms with Gasteiger partial charge in [0.1, 0.15) is 12.2 Å². The zero-order valence-corrected chi connectivity index (χ0v) is 18.6. The molecule has 0 aliphatic heterocycles. The Bertz CT molecular complexity index is 905. The molecule has 1 aromatic heterocycles. The molecule has 0 saturated heterocycles. The SMILES string of the molecule is C[C@@]1(O)CC[C@@H]2[C@H]3CC[C@]4(C)[C@@H](C(=O)Cn5cc(C#N)cn5)CC[C@H]4[C@@H]3C[C@@H](F)[C@H]2C1. The van der Waals surface area contributed by atoms with E-state index in [1.54, 1.807) is 10.9 Å². The average molecular weight is 428 g/mol. The van der Waals surface area contributed by atoms with E-state index >= 15 is 4.39 Å². The summed E-state index contributed by atoms with van der Waals surface area (Å²) in [4.78, 5) is 13.3. The van der Waals surface area contributed by atoms with Gasteiger partial charge in [0.15, 0.2) is 5.78 Å². The van der Waals surface area contributed by atoms with E-state index in [2.05, 4.69) is 18.1 Å². The van der Waals surface area contributed by atoms with Crippen LogP contribution in [0.25, 0.3) is 0 Å². The molecule has 5 nitrogen and oxygen atoms in total. The lowest BCUT2D eigenvalue weighted by Crippen LogP contribution is -2.54. The van der Waals surface area contributed by atoms with E-state index in [9.17, 15) is 9.90 Å². The van der Waals surface area contributed by atoms with Crippen molar-refractivity contribution in [2.45, 2.75) is 83.5 Å². The van der Waals surface area contributed by atoms with E-state index in [0.29, 0.717) is 42.1 Å². The van der Waals surface area contributed by atoms with Crippen molar-refractivity contribution in [3.8, 4) is 6.07 Å². The number of aliphatic hydroxyl groups is 1. The quantitative estimate of drug-likeness (QED) is 0.780. The molecule has 1 heterocycles. The van der Waals surface area contributed by atoms with Crippen LogP contribution < -0.4 is 0 Å². The summed E-state index contributed by atoms with van der Waals surface area (Å²) < 4.78 is 17.0. The number of nitrogens with zero attached hydrogens (tertiary/aromatic N) is 3. The molecule has 5 rings (SSSR count). The third kappa shape index (κ3) is 3.44. The molecule has 4 fully saturated rings. The number of fused-ring (bicyclic) bond motifs is 5. The third-order valence-corrected chi connectivity index (χ3v) is 9.71. The van der Waals surface area contributed by atoms with Gasteiger partial charge >= 0.3 is 0 Å². The normalized spacial score (nSPS) is 46.5. The number of nitriles is 1. The lowest BCUT2D eigenvalue weighted by molar-refractivity contribution is -0.139. The summed E-state index contributed by atoms with van der Waals surface area (Å²) in [6.07, 6.45) is 9.24. The standard InChI is InChI=1S/C25H34FN3O2/c1-24(31)7-5-17-16-6-8-25(2)20(18(16)9-22(26)19(17)10-24)3-4-21(25)23(30)14-29-13-15(11-27)12-28-29/h12-13,16-22,31H,3-10,14H2,1-2H3/t16-,17-,18-,19+,20+,21-,22-,24-,25+/m1/s1. The zero-order valence-electron chi connectivity index (χ0n) is 18.6. The summed E-state index contributed by atoms with van der Waals surface area (Å²) in [6, 6.07) is 2.06. The molecule has 0 aromatic carbocycles. The summed E-state index contributed by atoms with van der Waals surface area (Å²) in [5.41, 5.74) is -0.304. The number of carbonyl (C=O) groups is 1. The minimum absolute atomic E-state index is 0.00216. The highest BCUT2D eigenvalue weighted by Crippen LogP contribution is 2.65. The molecular formula is C25H34FN3O2. The number of rotatable bonds is 3. The molecule has 1 N–H and O–H groups in total. The van der Waals surface area contributed by atoms with Gasteiger partial charge < -0.3 is 5.11 Å². The Labute approximate surface area is 184 Å². The van der Waals surface area contributed by atoms with E-state index in [1.165, 1.54) is 6.20 Å². The van der Waals surface area contributed by atoms with Crippen molar-refractivity contribution in [1.82, 2.24) is 9.78 Å². The Morgan fingerprint density at radius 3 is 2.71 bits per heavy atom. The van der Waals surface area contributed by atoms with Crippen molar-refractivity contribution >= 4 is 5.78 Å². The first-order valence-corrected chi connectivity index (χ1v) is 12.0. The molecule has 0 radical (unpaired) electrons. The van der Waals surface area contributed by atoms with Crippen LogP contribution in [0.1, 0.15) is 70.8 Å². The molecule has 9 atom stereocenters. The molecule has 0 unspecified atom stereocenters. The minimum Gasteiger partial charge on any atom is -0.390 e. The Morgan fingerprint density at radius 1 is 1.23 bits per heavy atom. The van der Waals surface area contributed by atoms with Gasteiger partial charge in [0.05, 0.1) is 23.9 Å². The van der Waals surface area contributed by atoms with Crippen LogP contribution in [0.4, 0.5) is 4.39 Å². The van der Waals surface area contributed by atoms with Gasteiger partial charge in [0, 0.05) is 12.1 Å². The first-order valence-electron chi connectivity index (χ1n) is 12.0. The van der Waals surface area contributed by atoms with Gasteiger partial charge in [0.2, 0.25) is 0 Å². The average Bonchev–Trinajstić information content (AvgIpc) is 3.31. The van der Waals surface area contributed by atoms with Crippen molar-refractivity contribution in [3.05, 3.63) is 18.0 Å². The summed E-state index contributed by atoms with van der Waals surface area (Å²) in [5.74, 6) is 1.92. The van der Waals surface area contributed by atoms with Crippen molar-refractivity contribution in [3.63, 3.8) is 0 Å². The molecule has 4 aliphatic carbocycles. The zero-order chi connectivity index (χ0) is 22.0. The second-order valence-electron chi connectivity index (χ2n) is 11.4. The van der Waals surface area contributed by atoms with E-state index < -0.39 is 11.8 Å². The monoisotopic (exact) mass is 427 g/mol. The molecule has 0 spiro atoms. The fourth-order valence-corrected chi connectivity index (χ4v) is 8.31. The summed E-state index contributed by atoms with van der Waals surface area (Å²) in [6.45, 7) is 4.36. The topological polar surface area (TPSA) is 78.9 Å². The molecule has 4 saturated carbocycles. The van der Waals surface area contributed by atoms with Gasteiger partial charge in [-0.1, -0.05) is 6.92 Å². The second-order valence-corrected chi connectivity index (χ2v) is 11.4. The fourth-order valence-electron chi connectivity index (χ4n) is 8.31. The molecule has 0 amide bonds.